The van der Waals surface area contributed by atoms with Gasteiger partial charge in [-0.25, -0.2) is 0 Å². The summed E-state index contributed by atoms with van der Waals surface area (Å²) in [5.41, 5.74) is 0. The Morgan fingerprint density at radius 3 is 2.63 bits per heavy atom. The first kappa shape index (κ1) is 12.8. The summed E-state index contributed by atoms with van der Waals surface area (Å²) < 4.78 is 17.4. The summed E-state index contributed by atoms with van der Waals surface area (Å²) >= 11 is 0. The Labute approximate surface area is 114 Å². The molecule has 0 saturated carbocycles. The Balaban J connectivity index is 1.71. The summed E-state index contributed by atoms with van der Waals surface area (Å²) in [6, 6.07) is 8.19. The Morgan fingerprint density at radius 2 is 1.89 bits per heavy atom. The lowest BCUT2D eigenvalue weighted by atomic mass is 9.88. The molecule has 0 amide bonds. The van der Waals surface area contributed by atoms with E-state index >= 15 is 0 Å². The van der Waals surface area contributed by atoms with Gasteiger partial charge in [0.1, 0.15) is 12.7 Å². The number of hydrogen-bond donors (Lipinski definition) is 1. The van der Waals surface area contributed by atoms with Crippen molar-refractivity contribution in [2.75, 3.05) is 26.9 Å². The molecule has 2 unspecified atom stereocenters. The van der Waals surface area contributed by atoms with Gasteiger partial charge in [-0.15, -0.1) is 0 Å². The number of benzene rings is 1. The highest BCUT2D eigenvalue weighted by Gasteiger charge is 2.34. The summed E-state index contributed by atoms with van der Waals surface area (Å²) in [5.74, 6) is 2.30. The lowest BCUT2D eigenvalue weighted by Gasteiger charge is -2.37. The molecule has 1 fully saturated rings. The fraction of sp³-hybridized carbons (Fsp3) is 0.600. The largest absolute Gasteiger partial charge is 0.486 e. The van der Waals surface area contributed by atoms with Crippen molar-refractivity contribution in [3.05, 3.63) is 24.3 Å². The minimum absolute atomic E-state index is 0.0722. The van der Waals surface area contributed by atoms with Crippen LogP contribution in [0.1, 0.15) is 12.8 Å². The maximum Gasteiger partial charge on any atom is 0.161 e. The second-order valence-corrected chi connectivity index (χ2v) is 5.18. The zero-order chi connectivity index (χ0) is 13.1. The van der Waals surface area contributed by atoms with Crippen LogP contribution >= 0.6 is 0 Å². The van der Waals surface area contributed by atoms with Gasteiger partial charge >= 0.3 is 0 Å². The molecule has 4 nitrogen and oxygen atoms in total. The van der Waals surface area contributed by atoms with Crippen molar-refractivity contribution in [1.29, 1.82) is 0 Å². The van der Waals surface area contributed by atoms with E-state index < -0.39 is 0 Å². The lowest BCUT2D eigenvalue weighted by molar-refractivity contribution is 0.00586. The molecule has 1 aromatic carbocycles. The summed E-state index contributed by atoms with van der Waals surface area (Å²) in [7, 11) is 2.00. The molecule has 2 aliphatic heterocycles. The lowest BCUT2D eigenvalue weighted by Crippen LogP contribution is -2.51. The summed E-state index contributed by atoms with van der Waals surface area (Å²) in [6.07, 6.45) is 2.25. The van der Waals surface area contributed by atoms with Crippen molar-refractivity contribution in [1.82, 2.24) is 5.32 Å². The van der Waals surface area contributed by atoms with Crippen molar-refractivity contribution < 1.29 is 14.2 Å². The molecule has 3 rings (SSSR count). The van der Waals surface area contributed by atoms with Gasteiger partial charge in [0.15, 0.2) is 11.5 Å². The van der Waals surface area contributed by atoms with E-state index in [1.54, 1.807) is 0 Å². The quantitative estimate of drug-likeness (QED) is 0.903. The van der Waals surface area contributed by atoms with Crippen LogP contribution in [0, 0.1) is 5.92 Å². The first-order valence-electron chi connectivity index (χ1n) is 7.02. The zero-order valence-electron chi connectivity index (χ0n) is 11.3. The number of rotatable bonds is 3. The van der Waals surface area contributed by atoms with Crippen LogP contribution in [0.2, 0.25) is 0 Å². The smallest absolute Gasteiger partial charge is 0.161 e. The van der Waals surface area contributed by atoms with Crippen LogP contribution in [0.4, 0.5) is 0 Å². The van der Waals surface area contributed by atoms with Crippen LogP contribution in [0.25, 0.3) is 0 Å². The van der Waals surface area contributed by atoms with E-state index in [1.807, 2.05) is 31.3 Å². The average Bonchev–Trinajstić information content (AvgIpc) is 2.49. The maximum atomic E-state index is 6.11. The van der Waals surface area contributed by atoms with Crippen LogP contribution in [-0.2, 0) is 4.74 Å². The Hall–Kier alpha value is -1.26. The topological polar surface area (TPSA) is 39.7 Å². The Kier molecular flexibility index (Phi) is 3.89. The number of fused-ring (bicyclic) bond motifs is 1. The highest BCUT2D eigenvalue weighted by Crippen LogP contribution is 2.33. The molecule has 0 spiro atoms. The third kappa shape index (κ3) is 2.69. The predicted molar refractivity (Wildman–Crippen MR) is 72.7 cm³/mol. The number of hydrogen-bond acceptors (Lipinski definition) is 4. The molecule has 4 heteroatoms. The molecule has 2 aliphatic rings. The first-order valence-corrected chi connectivity index (χ1v) is 7.02. The number of ether oxygens (including phenoxy) is 3. The van der Waals surface area contributed by atoms with Gasteiger partial charge in [0.25, 0.3) is 0 Å². The van der Waals surface area contributed by atoms with Gasteiger partial charge in [-0.2, -0.15) is 0 Å². The van der Waals surface area contributed by atoms with Crippen LogP contribution in [0.15, 0.2) is 24.3 Å². The van der Waals surface area contributed by atoms with E-state index in [2.05, 4.69) is 5.32 Å². The molecule has 2 heterocycles. The molecule has 2 atom stereocenters. The number of likely N-dealkylation sites (N-methyl/N-ethyl adjacent to an activating group) is 1. The minimum Gasteiger partial charge on any atom is -0.486 e. The van der Waals surface area contributed by atoms with Gasteiger partial charge in [-0.05, 0) is 37.9 Å². The highest BCUT2D eigenvalue weighted by atomic mass is 16.6. The third-order valence-electron chi connectivity index (χ3n) is 4.04. The summed E-state index contributed by atoms with van der Waals surface area (Å²) in [4.78, 5) is 0. The Morgan fingerprint density at radius 1 is 1.16 bits per heavy atom. The second kappa shape index (κ2) is 5.80. The number of nitrogens with one attached hydrogen (secondary N) is 1. The van der Waals surface area contributed by atoms with Gasteiger partial charge in [-0.1, -0.05) is 12.1 Å². The van der Waals surface area contributed by atoms with Crippen molar-refractivity contribution in [3.8, 4) is 11.5 Å². The van der Waals surface area contributed by atoms with E-state index in [0.29, 0.717) is 18.6 Å². The van der Waals surface area contributed by atoms with Crippen LogP contribution in [-0.4, -0.2) is 39.0 Å². The average molecular weight is 263 g/mol. The maximum absolute atomic E-state index is 6.11. The fourth-order valence-electron chi connectivity index (χ4n) is 3.01. The first-order chi connectivity index (χ1) is 9.38. The third-order valence-corrected chi connectivity index (χ3v) is 4.04. The van der Waals surface area contributed by atoms with Crippen molar-refractivity contribution >= 4 is 0 Å². The monoisotopic (exact) mass is 263 g/mol. The molecule has 0 aliphatic carbocycles. The van der Waals surface area contributed by atoms with Crippen LogP contribution < -0.4 is 14.8 Å². The van der Waals surface area contributed by atoms with Crippen molar-refractivity contribution in [2.24, 2.45) is 5.92 Å². The van der Waals surface area contributed by atoms with E-state index in [9.17, 15) is 0 Å². The molecule has 0 bridgehead atoms. The summed E-state index contributed by atoms with van der Waals surface area (Å²) in [5, 5.41) is 3.41. The molecule has 1 aromatic rings. The van der Waals surface area contributed by atoms with Crippen LogP contribution in [0.5, 0.6) is 11.5 Å². The van der Waals surface area contributed by atoms with E-state index in [1.165, 1.54) is 0 Å². The molecule has 19 heavy (non-hydrogen) atoms. The molecule has 0 aromatic heterocycles. The van der Waals surface area contributed by atoms with Crippen molar-refractivity contribution in [3.63, 3.8) is 0 Å². The van der Waals surface area contributed by atoms with E-state index in [-0.39, 0.29) is 6.10 Å². The fourth-order valence-corrected chi connectivity index (χ4v) is 3.01. The molecule has 104 valence electrons. The predicted octanol–water partition coefficient (Wildman–Crippen LogP) is 1.84. The van der Waals surface area contributed by atoms with Gasteiger partial charge in [0.05, 0.1) is 6.04 Å². The SMILES string of the molecule is CNC(C1CCOCC1)C1COc2ccccc2O1. The molecule has 1 N–H and O–H groups in total. The van der Waals surface area contributed by atoms with E-state index in [0.717, 1.165) is 37.6 Å². The van der Waals surface area contributed by atoms with Gasteiger partial charge in [0.2, 0.25) is 0 Å². The van der Waals surface area contributed by atoms with Crippen LogP contribution in [0.3, 0.4) is 0 Å². The molecular formula is C15H21NO3. The van der Waals surface area contributed by atoms with Gasteiger partial charge in [0, 0.05) is 13.2 Å². The minimum atomic E-state index is 0.0722. The highest BCUT2D eigenvalue weighted by molar-refractivity contribution is 5.40. The standard InChI is InChI=1S/C15H21NO3/c1-16-15(11-6-8-17-9-7-11)14-10-18-12-4-2-3-5-13(12)19-14/h2-5,11,14-16H,6-10H2,1H3. The second-order valence-electron chi connectivity index (χ2n) is 5.18. The Bertz CT molecular complexity index is 418. The molecule has 1 saturated heterocycles. The van der Waals surface area contributed by atoms with Crippen molar-refractivity contribution in [2.45, 2.75) is 25.0 Å². The van der Waals surface area contributed by atoms with E-state index in [4.69, 9.17) is 14.2 Å². The van der Waals surface area contributed by atoms with Gasteiger partial charge < -0.3 is 19.5 Å². The van der Waals surface area contributed by atoms with Gasteiger partial charge in [-0.3, -0.25) is 0 Å². The zero-order valence-corrected chi connectivity index (χ0v) is 11.3. The molecule has 0 radical (unpaired) electrons. The summed E-state index contributed by atoms with van der Waals surface area (Å²) in [6.45, 7) is 2.32. The normalized spacial score (nSPS) is 25.0. The molecular weight excluding hydrogens is 242 g/mol. The number of para-hydroxylation sites is 2.